The van der Waals surface area contributed by atoms with Crippen molar-refractivity contribution in [3.63, 3.8) is 0 Å². The van der Waals surface area contributed by atoms with Crippen LogP contribution in [-0.2, 0) is 26.2 Å². The number of amides is 2. The standard InChI is InChI=1S/C23H30FN3O4S/c1-17-10-5-8-13-21(17)27(32(4,30)31)15-9-14-22(28)26(18(2)23(29)25-3)16-19-11-6-7-12-20(19)24/h5-8,10-13,18H,9,14-16H2,1-4H3,(H,25,29)/t18-/m0/s1. The summed E-state index contributed by atoms with van der Waals surface area (Å²) in [6.45, 7) is 3.44. The highest BCUT2D eigenvalue weighted by atomic mass is 32.2. The zero-order valence-corrected chi connectivity index (χ0v) is 19.7. The van der Waals surface area contributed by atoms with Crippen molar-refractivity contribution in [3.8, 4) is 0 Å². The van der Waals surface area contributed by atoms with E-state index >= 15 is 0 Å². The fourth-order valence-electron chi connectivity index (χ4n) is 3.43. The third kappa shape index (κ3) is 6.53. The Morgan fingerprint density at radius 2 is 1.72 bits per heavy atom. The average molecular weight is 464 g/mol. The fourth-order valence-corrected chi connectivity index (χ4v) is 4.45. The summed E-state index contributed by atoms with van der Waals surface area (Å²) in [4.78, 5) is 26.5. The van der Waals surface area contributed by atoms with Crippen LogP contribution < -0.4 is 9.62 Å². The van der Waals surface area contributed by atoms with E-state index in [0.717, 1.165) is 11.8 Å². The van der Waals surface area contributed by atoms with E-state index < -0.39 is 21.9 Å². The highest BCUT2D eigenvalue weighted by Crippen LogP contribution is 2.23. The average Bonchev–Trinajstić information content (AvgIpc) is 2.75. The summed E-state index contributed by atoms with van der Waals surface area (Å²) < 4.78 is 40.1. The normalized spacial score (nSPS) is 12.2. The molecule has 0 aliphatic carbocycles. The van der Waals surface area contributed by atoms with Gasteiger partial charge in [0, 0.05) is 32.1 Å². The molecule has 9 heteroatoms. The van der Waals surface area contributed by atoms with E-state index in [4.69, 9.17) is 0 Å². The molecule has 0 fully saturated rings. The molecular formula is C23H30FN3O4S. The molecule has 0 bridgehead atoms. The maximum atomic E-state index is 14.2. The number of carbonyl (C=O) groups is 2. The zero-order valence-electron chi connectivity index (χ0n) is 18.8. The molecule has 0 saturated heterocycles. The molecule has 7 nitrogen and oxygen atoms in total. The minimum atomic E-state index is -3.55. The summed E-state index contributed by atoms with van der Waals surface area (Å²) in [5.41, 5.74) is 1.66. The predicted molar refractivity (Wildman–Crippen MR) is 123 cm³/mol. The second kappa shape index (κ2) is 11.1. The number of carbonyl (C=O) groups excluding carboxylic acids is 2. The number of halogens is 1. The van der Waals surface area contributed by atoms with Gasteiger partial charge in [0.25, 0.3) is 0 Å². The highest BCUT2D eigenvalue weighted by Gasteiger charge is 2.27. The van der Waals surface area contributed by atoms with Gasteiger partial charge in [0.1, 0.15) is 11.9 Å². The maximum Gasteiger partial charge on any atom is 0.242 e. The van der Waals surface area contributed by atoms with Crippen LogP contribution in [0.5, 0.6) is 0 Å². The van der Waals surface area contributed by atoms with Gasteiger partial charge in [-0.1, -0.05) is 36.4 Å². The Balaban J connectivity index is 2.17. The Morgan fingerprint density at radius 3 is 2.31 bits per heavy atom. The molecule has 2 aromatic rings. The van der Waals surface area contributed by atoms with E-state index in [1.54, 1.807) is 37.3 Å². The molecule has 174 valence electrons. The van der Waals surface area contributed by atoms with Crippen LogP contribution in [0.3, 0.4) is 0 Å². The van der Waals surface area contributed by atoms with Gasteiger partial charge in [-0.05, 0) is 38.0 Å². The van der Waals surface area contributed by atoms with E-state index in [1.165, 1.54) is 22.3 Å². The van der Waals surface area contributed by atoms with Crippen molar-refractivity contribution in [2.75, 3.05) is 24.2 Å². The molecule has 0 aliphatic heterocycles. The lowest BCUT2D eigenvalue weighted by Gasteiger charge is -2.29. The summed E-state index contributed by atoms with van der Waals surface area (Å²) in [7, 11) is -2.08. The molecule has 0 unspecified atom stereocenters. The quantitative estimate of drug-likeness (QED) is 0.587. The largest absolute Gasteiger partial charge is 0.357 e. The molecule has 0 saturated carbocycles. The van der Waals surface area contributed by atoms with Gasteiger partial charge in [-0.25, -0.2) is 12.8 Å². The number of nitrogens with zero attached hydrogens (tertiary/aromatic N) is 2. The van der Waals surface area contributed by atoms with Gasteiger partial charge in [0.2, 0.25) is 21.8 Å². The van der Waals surface area contributed by atoms with E-state index in [-0.39, 0.29) is 37.7 Å². The van der Waals surface area contributed by atoms with Crippen LogP contribution in [0.25, 0.3) is 0 Å². The van der Waals surface area contributed by atoms with Crippen LogP contribution in [0.4, 0.5) is 10.1 Å². The first-order valence-electron chi connectivity index (χ1n) is 10.3. The van der Waals surface area contributed by atoms with Gasteiger partial charge >= 0.3 is 0 Å². The Labute approximate surface area is 189 Å². The number of hydrogen-bond acceptors (Lipinski definition) is 4. The van der Waals surface area contributed by atoms with Crippen molar-refractivity contribution in [1.82, 2.24) is 10.2 Å². The third-order valence-corrected chi connectivity index (χ3v) is 6.43. The molecule has 1 N–H and O–H groups in total. The SMILES string of the molecule is CNC(=O)[C@H](C)N(Cc1ccccc1F)C(=O)CCCN(c1ccccc1C)S(C)(=O)=O. The minimum absolute atomic E-state index is 0.00763. The van der Waals surface area contributed by atoms with Gasteiger partial charge in [-0.3, -0.25) is 13.9 Å². The van der Waals surface area contributed by atoms with Gasteiger partial charge in [-0.2, -0.15) is 0 Å². The Hall–Kier alpha value is -2.94. The van der Waals surface area contributed by atoms with E-state index in [0.29, 0.717) is 11.3 Å². The lowest BCUT2D eigenvalue weighted by atomic mass is 10.1. The van der Waals surface area contributed by atoms with Crippen LogP contribution in [0.15, 0.2) is 48.5 Å². The molecular weight excluding hydrogens is 433 g/mol. The number of nitrogens with one attached hydrogen (secondary N) is 1. The first kappa shape index (κ1) is 25.3. The summed E-state index contributed by atoms with van der Waals surface area (Å²) in [5.74, 6) is -1.19. The smallest absolute Gasteiger partial charge is 0.242 e. The minimum Gasteiger partial charge on any atom is -0.357 e. The topological polar surface area (TPSA) is 86.8 Å². The highest BCUT2D eigenvalue weighted by molar-refractivity contribution is 7.92. The molecule has 1 atom stereocenters. The summed E-state index contributed by atoms with van der Waals surface area (Å²) >= 11 is 0. The monoisotopic (exact) mass is 463 g/mol. The fraction of sp³-hybridized carbons (Fsp3) is 0.391. The van der Waals surface area contributed by atoms with Crippen LogP contribution in [0.1, 0.15) is 30.9 Å². The number of hydrogen-bond donors (Lipinski definition) is 1. The lowest BCUT2D eigenvalue weighted by Crippen LogP contribution is -2.47. The van der Waals surface area contributed by atoms with Crippen molar-refractivity contribution in [3.05, 3.63) is 65.5 Å². The van der Waals surface area contributed by atoms with Crippen LogP contribution >= 0.6 is 0 Å². The van der Waals surface area contributed by atoms with Crippen molar-refractivity contribution in [2.45, 2.75) is 39.3 Å². The molecule has 2 amide bonds. The second-order valence-corrected chi connectivity index (χ2v) is 9.54. The van der Waals surface area contributed by atoms with Crippen molar-refractivity contribution in [2.24, 2.45) is 0 Å². The van der Waals surface area contributed by atoms with Crippen LogP contribution in [-0.4, -0.2) is 51.0 Å². The van der Waals surface area contributed by atoms with Gasteiger partial charge < -0.3 is 10.2 Å². The Morgan fingerprint density at radius 1 is 1.09 bits per heavy atom. The van der Waals surface area contributed by atoms with Crippen molar-refractivity contribution < 1.29 is 22.4 Å². The number of likely N-dealkylation sites (N-methyl/N-ethyl adjacent to an activating group) is 1. The first-order valence-corrected chi connectivity index (χ1v) is 12.2. The molecule has 2 rings (SSSR count). The maximum absolute atomic E-state index is 14.2. The van der Waals surface area contributed by atoms with Crippen LogP contribution in [0, 0.1) is 12.7 Å². The number of sulfonamides is 1. The molecule has 0 radical (unpaired) electrons. The molecule has 0 spiro atoms. The zero-order chi connectivity index (χ0) is 23.9. The van der Waals surface area contributed by atoms with Crippen LogP contribution in [0.2, 0.25) is 0 Å². The number of rotatable bonds is 10. The molecule has 32 heavy (non-hydrogen) atoms. The molecule has 0 aromatic heterocycles. The van der Waals surface area contributed by atoms with Gasteiger partial charge in [0.05, 0.1) is 11.9 Å². The van der Waals surface area contributed by atoms with Gasteiger partial charge in [-0.15, -0.1) is 0 Å². The summed E-state index contributed by atoms with van der Waals surface area (Å²) in [5, 5.41) is 2.51. The summed E-state index contributed by atoms with van der Waals surface area (Å²) in [6.07, 6.45) is 1.38. The van der Waals surface area contributed by atoms with Gasteiger partial charge in [0.15, 0.2) is 0 Å². The predicted octanol–water partition coefficient (Wildman–Crippen LogP) is 2.84. The lowest BCUT2D eigenvalue weighted by molar-refractivity contribution is -0.140. The van der Waals surface area contributed by atoms with E-state index in [2.05, 4.69) is 5.32 Å². The molecule has 0 heterocycles. The first-order chi connectivity index (χ1) is 15.1. The number of benzene rings is 2. The third-order valence-electron chi connectivity index (χ3n) is 5.25. The number of anilines is 1. The summed E-state index contributed by atoms with van der Waals surface area (Å²) in [6, 6.07) is 12.4. The number of aryl methyl sites for hydroxylation is 1. The van der Waals surface area contributed by atoms with Crippen molar-refractivity contribution in [1.29, 1.82) is 0 Å². The Bertz CT molecular complexity index is 1060. The second-order valence-electron chi connectivity index (χ2n) is 7.63. The van der Waals surface area contributed by atoms with Crippen molar-refractivity contribution >= 4 is 27.5 Å². The number of para-hydroxylation sites is 1. The Kier molecular flexibility index (Phi) is 8.77. The molecule has 2 aromatic carbocycles. The van der Waals surface area contributed by atoms with E-state index in [9.17, 15) is 22.4 Å². The van der Waals surface area contributed by atoms with E-state index in [1.807, 2.05) is 19.1 Å². The molecule has 0 aliphatic rings.